The Labute approximate surface area is 879 Å². The number of anilines is 12. The average Bonchev–Trinajstić information content (AvgIpc) is 1.63. The summed E-state index contributed by atoms with van der Waals surface area (Å²) in [6.07, 6.45) is 11.9. The van der Waals surface area contributed by atoms with Crippen LogP contribution < -0.4 is 73.3 Å². The van der Waals surface area contributed by atoms with Gasteiger partial charge in [-0.05, 0) is 198 Å². The van der Waals surface area contributed by atoms with Crippen molar-refractivity contribution in [3.05, 3.63) is 347 Å². The number of hydrogen-bond acceptors (Lipinski definition) is 26. The predicted octanol–water partition coefficient (Wildman–Crippen LogP) is 22.6. The average molecular weight is 2190 g/mol. The molecule has 0 aliphatic carbocycles. The molecule has 36 nitrogen and oxygen atoms in total. The second kappa shape index (κ2) is 47.3. The summed E-state index contributed by atoms with van der Waals surface area (Å²) in [5.41, 5.74) is 11.9. The van der Waals surface area contributed by atoms with Crippen molar-refractivity contribution in [2.75, 3.05) is 78.0 Å². The van der Waals surface area contributed by atoms with E-state index in [9.17, 15) is 35.9 Å². The third-order valence-electron chi connectivity index (χ3n) is 22.4. The van der Waals surface area contributed by atoms with Crippen molar-refractivity contribution < 1.29 is 45.4 Å². The fourth-order valence-corrected chi connectivity index (χ4v) is 16.3. The summed E-state index contributed by atoms with van der Waals surface area (Å²) < 4.78 is 97.2. The van der Waals surface area contributed by atoms with E-state index < -0.39 is 35.5 Å². The Morgan fingerprint density at radius 2 is 0.600 bits per heavy atom. The molecule has 0 atom stereocenters. The number of aryl methyl sites for hydroxylation is 4. The molecule has 12 heterocycles. The predicted molar refractivity (Wildman–Crippen MR) is 582 cm³/mol. The van der Waals surface area contributed by atoms with E-state index in [1.807, 2.05) is 160 Å². The second-order valence-electron chi connectivity index (χ2n) is 32.9. The van der Waals surface area contributed by atoms with Crippen molar-refractivity contribution in [2.24, 2.45) is 28.2 Å². The molecule has 0 spiro atoms. The first-order chi connectivity index (χ1) is 72.5. The van der Waals surface area contributed by atoms with Crippen LogP contribution in [-0.2, 0) is 66.7 Å². The molecule has 0 radical (unpaired) electrons. The van der Waals surface area contributed by atoms with E-state index in [1.54, 1.807) is 158 Å². The van der Waals surface area contributed by atoms with Crippen LogP contribution in [0.15, 0.2) is 314 Å². The van der Waals surface area contributed by atoms with E-state index in [4.69, 9.17) is 58.8 Å². The maximum absolute atomic E-state index is 13.0. The molecule has 0 bridgehead atoms. The third kappa shape index (κ3) is 26.7. The number of halogens is 8. The first kappa shape index (κ1) is 103. The Bertz CT molecular complexity index is 7790. The molecule has 12 aromatic heterocycles. The van der Waals surface area contributed by atoms with Crippen molar-refractivity contribution in [2.45, 2.75) is 38.5 Å². The van der Waals surface area contributed by atoms with Gasteiger partial charge in [0.1, 0.15) is 34.8 Å². The monoisotopic (exact) mass is 2180 g/mol. The van der Waals surface area contributed by atoms with E-state index in [-0.39, 0.29) is 11.4 Å². The fraction of sp³-hybridized carbons (Fsp3) is 0.115. The molecule has 0 aliphatic rings. The molecular weight excluding hydrogens is 2100 g/mol. The van der Waals surface area contributed by atoms with Gasteiger partial charge in [-0.1, -0.05) is 111 Å². The molecule has 0 aliphatic heterocycles. The van der Waals surface area contributed by atoms with E-state index >= 15 is 0 Å². The number of amides is 4. The summed E-state index contributed by atoms with van der Waals surface area (Å²) in [6, 6.07) is 63.4. The minimum absolute atomic E-state index is 0.0165. The number of nitrogens with zero attached hydrogens (tertiary/aromatic N) is 20. The van der Waals surface area contributed by atoms with Crippen LogP contribution in [0.3, 0.4) is 0 Å². The summed E-state index contributed by atoms with van der Waals surface area (Å²) in [6.45, 7) is 2.16. The number of ether oxygens (including phenoxy) is 2. The lowest BCUT2D eigenvalue weighted by Crippen LogP contribution is -2.19. The number of pyridine rings is 4. The van der Waals surface area contributed by atoms with Crippen LogP contribution in [-0.4, -0.2) is 135 Å². The van der Waals surface area contributed by atoms with Crippen molar-refractivity contribution in [1.29, 1.82) is 0 Å². The van der Waals surface area contributed by atoms with Crippen molar-refractivity contribution in [3.63, 3.8) is 0 Å². The molecule has 8 aromatic carbocycles. The Balaban J connectivity index is 0.000000136. The van der Waals surface area contributed by atoms with Crippen LogP contribution in [0, 0.1) is 0 Å². The molecule has 756 valence electrons. The van der Waals surface area contributed by atoms with Crippen LogP contribution >= 0.6 is 56.3 Å². The molecule has 150 heavy (non-hydrogen) atoms. The summed E-state index contributed by atoms with van der Waals surface area (Å²) in [7, 11) is 10.5. The number of carbonyl (C=O) groups is 2. The largest absolute Gasteiger partial charge is 0.495 e. The fourth-order valence-electron chi connectivity index (χ4n) is 15.1. The van der Waals surface area contributed by atoms with Gasteiger partial charge in [0, 0.05) is 169 Å². The normalized spacial score (nSPS) is 11.1. The minimum atomic E-state index is -4.51. The van der Waals surface area contributed by atoms with Crippen LogP contribution in [0.5, 0.6) is 11.5 Å². The van der Waals surface area contributed by atoms with Crippen LogP contribution in [0.1, 0.15) is 33.4 Å². The molecule has 0 unspecified atom stereocenters. The number of hydrogen-bond donors (Lipinski definition) is 12. The van der Waals surface area contributed by atoms with Crippen molar-refractivity contribution in [1.82, 2.24) is 98.9 Å². The SMILES string of the molecule is COc1ccc(Br)cc1NC(=S)Nc1cccc(-c2nc(NCc3cccnc3)c3cnn(C)c3n2)c1.COc1ccc(Br)cc1NC(=S)Nc1cccc(-c2nc(NCc3cccnc3)c3cnn(C)c3n2)c1.Cn1ncc2c(NCc3cccnc3)nc(-c3cccc(NC(=O)Nc4cccc(C(F)(F)F)c4)c3)nc21.Cn1ncc2c(NCc3ccncc3)nc(-c3cccc(NC(=O)Nc4cccc(C(F)(F)F)c4)c3)nc21. The van der Waals surface area contributed by atoms with E-state index in [1.165, 1.54) is 24.3 Å². The van der Waals surface area contributed by atoms with Crippen LogP contribution in [0.4, 0.5) is 105 Å². The summed E-state index contributed by atoms with van der Waals surface area (Å²) in [5, 5.41) is 57.8. The van der Waals surface area contributed by atoms with Gasteiger partial charge in [0.25, 0.3) is 0 Å². The molecule has 12 N–H and O–H groups in total. The lowest BCUT2D eigenvalue weighted by Gasteiger charge is -2.14. The molecule has 46 heteroatoms. The van der Waals surface area contributed by atoms with Crippen molar-refractivity contribution >= 4 is 191 Å². The van der Waals surface area contributed by atoms with Gasteiger partial charge in [0.15, 0.2) is 56.1 Å². The third-order valence-corrected chi connectivity index (χ3v) is 23.8. The number of aromatic nitrogens is 20. The Morgan fingerprint density at radius 1 is 0.313 bits per heavy atom. The number of alkyl halides is 6. The zero-order valence-corrected chi connectivity index (χ0v) is 84.9. The Hall–Kier alpha value is -18.2. The lowest BCUT2D eigenvalue weighted by atomic mass is 10.2. The molecule has 20 rings (SSSR count). The molecular formula is C104H88Br2F6N32O4S2. The molecule has 0 saturated carbocycles. The summed E-state index contributed by atoms with van der Waals surface area (Å²) in [4.78, 5) is 79.4. The quantitative estimate of drug-likeness (QED) is 0.0177. The number of benzene rings is 8. The molecule has 0 saturated heterocycles. The number of urea groups is 2. The Morgan fingerprint density at radius 3 is 0.887 bits per heavy atom. The van der Waals surface area contributed by atoms with Gasteiger partial charge >= 0.3 is 24.4 Å². The zero-order valence-electron chi connectivity index (χ0n) is 80.1. The van der Waals surface area contributed by atoms with Gasteiger partial charge < -0.3 is 73.3 Å². The van der Waals surface area contributed by atoms with Gasteiger partial charge in [-0.3, -0.25) is 38.7 Å². The standard InChI is InChI=1S/2C26H23BrN8OS.2C26H21F3N8O/c2*1-35-25-20(15-30-35)24(29-14-16-5-4-10-28-13-16)33-23(34-25)17-6-3-7-19(11-17)31-26(37)32-21-12-18(27)8-9-22(21)36-2;1-37-24-21(15-32-37)23(31-14-16-5-4-10-30-13-16)35-22(36-24)17-6-2-8-19(11-17)33-25(38)34-20-9-3-7-18(12-20)26(27,28)29;1-37-24-21(15-32-37)23(31-14-16-8-10-30-11-9-16)35-22(36-24)17-4-2-6-19(12-17)33-25(38)34-20-7-3-5-18(13-20)26(27,28)29/h2*3-13,15H,14H2,1-2H3,(H,29,33,34)(H2,31,32,37);2*2-13,15H,14H2,1H3,(H,31,35,36)(H2,33,34,38). The highest BCUT2D eigenvalue weighted by Crippen LogP contribution is 2.38. The summed E-state index contributed by atoms with van der Waals surface area (Å²) in [5.74, 6) is 5.90. The minimum Gasteiger partial charge on any atom is -0.495 e. The molecule has 20 aromatic rings. The maximum atomic E-state index is 13.0. The number of rotatable bonds is 26. The van der Waals surface area contributed by atoms with Gasteiger partial charge in [-0.25, -0.2) is 49.5 Å². The van der Waals surface area contributed by atoms with Crippen LogP contribution in [0.2, 0.25) is 0 Å². The smallest absolute Gasteiger partial charge is 0.416 e. The maximum Gasteiger partial charge on any atom is 0.416 e. The van der Waals surface area contributed by atoms with E-state index in [0.717, 1.165) is 122 Å². The van der Waals surface area contributed by atoms with Gasteiger partial charge in [0.2, 0.25) is 0 Å². The number of fused-ring (bicyclic) bond motifs is 4. The van der Waals surface area contributed by atoms with Crippen LogP contribution in [0.25, 0.3) is 89.7 Å². The lowest BCUT2D eigenvalue weighted by molar-refractivity contribution is -0.138. The second-order valence-corrected chi connectivity index (χ2v) is 35.6. The first-order valence-electron chi connectivity index (χ1n) is 45.6. The highest BCUT2D eigenvalue weighted by Gasteiger charge is 2.32. The van der Waals surface area contributed by atoms with E-state index in [2.05, 4.69) is 151 Å². The van der Waals surface area contributed by atoms with E-state index in [0.29, 0.717) is 128 Å². The number of thiocarbonyl (C=S) groups is 2. The number of carbonyl (C=O) groups excluding carboxylic acids is 2. The number of methoxy groups -OCH3 is 2. The van der Waals surface area contributed by atoms with Gasteiger partial charge in [0.05, 0.1) is 83.1 Å². The van der Waals surface area contributed by atoms with Crippen molar-refractivity contribution in [3.8, 4) is 57.1 Å². The van der Waals surface area contributed by atoms with Gasteiger partial charge in [-0.2, -0.15) is 46.7 Å². The summed E-state index contributed by atoms with van der Waals surface area (Å²) >= 11 is 18.1. The topological polar surface area (TPSA) is 423 Å². The molecule has 4 amide bonds. The zero-order chi connectivity index (χ0) is 105. The highest BCUT2D eigenvalue weighted by molar-refractivity contribution is 9.10. The molecule has 0 fully saturated rings. The Kier molecular flexibility index (Phi) is 32.6. The first-order valence-corrected chi connectivity index (χ1v) is 48.0. The highest BCUT2D eigenvalue weighted by atomic mass is 79.9. The number of nitrogens with one attached hydrogen (secondary N) is 12. The van der Waals surface area contributed by atoms with Gasteiger partial charge in [-0.15, -0.1) is 0 Å².